The van der Waals surface area contributed by atoms with Crippen LogP contribution >= 0.6 is 33.9 Å². The van der Waals surface area contributed by atoms with E-state index in [1.807, 2.05) is 42.5 Å². The maximum Gasteiger partial charge on any atom is 0.255 e. The highest BCUT2D eigenvalue weighted by atomic mass is 127. The van der Waals surface area contributed by atoms with Crippen LogP contribution in [0.4, 0.5) is 15.1 Å². The lowest BCUT2D eigenvalue weighted by atomic mass is 10.1. The summed E-state index contributed by atoms with van der Waals surface area (Å²) in [5.74, 6) is -0.645. The molecule has 8 heteroatoms. The second-order valence-corrected chi connectivity index (χ2v) is 8.83. The lowest BCUT2D eigenvalue weighted by Gasteiger charge is -2.19. The Morgan fingerprint density at radius 3 is 2.85 bits per heavy atom. The number of anilines is 2. The molecule has 0 bridgehead atoms. The van der Waals surface area contributed by atoms with Gasteiger partial charge in [-0.25, -0.2) is 9.37 Å². The lowest BCUT2D eigenvalue weighted by molar-refractivity contribution is 0.0949. The zero-order chi connectivity index (χ0) is 18.9. The maximum absolute atomic E-state index is 14.2. The quantitative estimate of drug-likeness (QED) is 0.474. The summed E-state index contributed by atoms with van der Waals surface area (Å²) in [6.07, 6.45) is 1.67. The molecule has 3 aromatic rings. The first-order valence-corrected chi connectivity index (χ1v) is 9.81. The second kappa shape index (κ2) is 7.45. The number of aromatic nitrogens is 1. The molecule has 1 amide bonds. The molecule has 0 aliphatic carbocycles. The molecule has 0 aliphatic rings. The van der Waals surface area contributed by atoms with Crippen molar-refractivity contribution in [2.45, 2.75) is 19.4 Å². The Balaban J connectivity index is 2.00. The summed E-state index contributed by atoms with van der Waals surface area (Å²) in [5.41, 5.74) is 6.18. The van der Waals surface area contributed by atoms with Gasteiger partial charge in [0.15, 0.2) is 0 Å². The van der Waals surface area contributed by atoms with Crippen molar-refractivity contribution in [3.8, 4) is 0 Å². The highest BCUT2D eigenvalue weighted by Crippen LogP contribution is 2.37. The van der Waals surface area contributed by atoms with Gasteiger partial charge < -0.3 is 16.4 Å². The standard InChI is InChI=1S/C18H18FIN4OS/c1-18(2,21)9-23-15(25)14-11-4-3-7-22-16(11)26-17(14)24-13-6-5-10(20)8-12(13)19/h3-8,24H,9,21H2,1-2H3,(H,23,25). The minimum absolute atomic E-state index is 0.267. The minimum Gasteiger partial charge on any atom is -0.350 e. The van der Waals surface area contributed by atoms with E-state index < -0.39 is 5.54 Å². The molecule has 4 N–H and O–H groups in total. The SMILES string of the molecule is CC(C)(N)CNC(=O)c1c(Nc2ccc(I)cc2F)sc2ncccc12. The van der Waals surface area contributed by atoms with Crippen molar-refractivity contribution in [2.75, 3.05) is 11.9 Å². The van der Waals surface area contributed by atoms with Crippen LogP contribution in [0.15, 0.2) is 36.5 Å². The third-order valence-electron chi connectivity index (χ3n) is 3.58. The van der Waals surface area contributed by atoms with Gasteiger partial charge in [0.25, 0.3) is 5.91 Å². The zero-order valence-corrected chi connectivity index (χ0v) is 17.2. The van der Waals surface area contributed by atoms with Crippen LogP contribution in [0.2, 0.25) is 0 Å². The topological polar surface area (TPSA) is 80.0 Å². The summed E-state index contributed by atoms with van der Waals surface area (Å²) in [6.45, 7) is 3.99. The van der Waals surface area contributed by atoms with Crippen LogP contribution in [-0.2, 0) is 0 Å². The Morgan fingerprint density at radius 2 is 2.15 bits per heavy atom. The first-order valence-electron chi connectivity index (χ1n) is 7.91. The second-order valence-electron chi connectivity index (χ2n) is 6.58. The van der Waals surface area contributed by atoms with Crippen LogP contribution in [0, 0.1) is 9.39 Å². The molecule has 26 heavy (non-hydrogen) atoms. The van der Waals surface area contributed by atoms with Gasteiger partial charge >= 0.3 is 0 Å². The number of nitrogens with two attached hydrogens (primary N) is 1. The van der Waals surface area contributed by atoms with Gasteiger partial charge in [-0.1, -0.05) is 11.3 Å². The van der Waals surface area contributed by atoms with E-state index in [4.69, 9.17) is 5.73 Å². The summed E-state index contributed by atoms with van der Waals surface area (Å²) < 4.78 is 15.0. The van der Waals surface area contributed by atoms with E-state index in [1.54, 1.807) is 24.4 Å². The smallest absolute Gasteiger partial charge is 0.255 e. The molecule has 0 unspecified atom stereocenters. The third-order valence-corrected chi connectivity index (χ3v) is 5.28. The number of thiophene rings is 1. The number of nitrogens with zero attached hydrogens (tertiary/aromatic N) is 1. The van der Waals surface area contributed by atoms with Crippen molar-refractivity contribution >= 4 is 60.7 Å². The van der Waals surface area contributed by atoms with Crippen molar-refractivity contribution in [1.82, 2.24) is 10.3 Å². The Hall–Kier alpha value is -1.78. The molecule has 0 atom stereocenters. The fourth-order valence-electron chi connectivity index (χ4n) is 2.36. The Kier molecular flexibility index (Phi) is 5.44. The maximum atomic E-state index is 14.2. The van der Waals surface area contributed by atoms with Crippen LogP contribution in [0.5, 0.6) is 0 Å². The molecule has 5 nitrogen and oxygen atoms in total. The fourth-order valence-corrected chi connectivity index (χ4v) is 3.86. The van der Waals surface area contributed by atoms with E-state index in [-0.39, 0.29) is 11.7 Å². The van der Waals surface area contributed by atoms with Gasteiger partial charge in [-0.3, -0.25) is 4.79 Å². The van der Waals surface area contributed by atoms with E-state index in [0.717, 1.165) is 8.96 Å². The van der Waals surface area contributed by atoms with Crippen LogP contribution in [0.3, 0.4) is 0 Å². The average Bonchev–Trinajstić information content (AvgIpc) is 2.92. The predicted octanol–water partition coefficient (Wildman–Crippen LogP) is 4.25. The number of nitrogens with one attached hydrogen (secondary N) is 2. The van der Waals surface area contributed by atoms with Crippen LogP contribution < -0.4 is 16.4 Å². The summed E-state index contributed by atoms with van der Waals surface area (Å²) in [5, 5.41) is 7.16. The van der Waals surface area contributed by atoms with Crippen LogP contribution in [0.25, 0.3) is 10.2 Å². The van der Waals surface area contributed by atoms with Crippen LogP contribution in [0.1, 0.15) is 24.2 Å². The summed E-state index contributed by atoms with van der Waals surface area (Å²) >= 11 is 3.36. The van der Waals surface area contributed by atoms with Gasteiger partial charge in [0.2, 0.25) is 0 Å². The normalized spacial score (nSPS) is 11.6. The van der Waals surface area contributed by atoms with Crippen LogP contribution in [-0.4, -0.2) is 23.0 Å². The molecule has 0 saturated carbocycles. The molecule has 2 aromatic heterocycles. The van der Waals surface area contributed by atoms with Crippen molar-refractivity contribution < 1.29 is 9.18 Å². The van der Waals surface area contributed by atoms with Gasteiger partial charge in [-0.2, -0.15) is 0 Å². The molecule has 2 heterocycles. The van der Waals surface area contributed by atoms with Gasteiger partial charge in [0, 0.05) is 27.2 Å². The monoisotopic (exact) mass is 484 g/mol. The molecule has 0 spiro atoms. The third kappa shape index (κ3) is 4.30. The fraction of sp³-hybridized carbons (Fsp3) is 0.222. The van der Waals surface area contributed by atoms with Gasteiger partial charge in [0.05, 0.1) is 11.3 Å². The minimum atomic E-state index is -0.532. The Bertz CT molecular complexity index is 967. The van der Waals surface area contributed by atoms with Gasteiger partial charge in [-0.15, -0.1) is 0 Å². The number of halogens is 2. The van der Waals surface area contributed by atoms with E-state index in [2.05, 4.69) is 15.6 Å². The van der Waals surface area contributed by atoms with E-state index in [9.17, 15) is 9.18 Å². The molecule has 0 radical (unpaired) electrons. The molecular formula is C18H18FIN4OS. The van der Waals surface area contributed by atoms with Crippen molar-refractivity contribution in [1.29, 1.82) is 0 Å². The highest BCUT2D eigenvalue weighted by molar-refractivity contribution is 14.1. The van der Waals surface area contributed by atoms with E-state index >= 15 is 0 Å². The first-order chi connectivity index (χ1) is 12.2. The van der Waals surface area contributed by atoms with Crippen molar-refractivity contribution in [3.05, 3.63) is 51.5 Å². The van der Waals surface area contributed by atoms with Gasteiger partial charge in [-0.05, 0) is 66.8 Å². The molecule has 3 rings (SSSR count). The molecule has 0 saturated heterocycles. The highest BCUT2D eigenvalue weighted by Gasteiger charge is 2.22. The summed E-state index contributed by atoms with van der Waals surface area (Å²) in [4.78, 5) is 17.8. The van der Waals surface area contributed by atoms with Crippen molar-refractivity contribution in [2.24, 2.45) is 5.73 Å². The number of hydrogen-bond acceptors (Lipinski definition) is 5. The number of pyridine rings is 1. The predicted molar refractivity (Wildman–Crippen MR) is 113 cm³/mol. The number of rotatable bonds is 5. The first kappa shape index (κ1) is 19.0. The van der Waals surface area contributed by atoms with Gasteiger partial charge in [0.1, 0.15) is 15.6 Å². The van der Waals surface area contributed by atoms with E-state index in [1.165, 1.54) is 17.4 Å². The summed E-state index contributed by atoms with van der Waals surface area (Å²) in [7, 11) is 0. The number of benzene rings is 1. The molecule has 0 fully saturated rings. The molecule has 1 aromatic carbocycles. The molecular weight excluding hydrogens is 466 g/mol. The number of amides is 1. The molecule has 0 aliphatic heterocycles. The van der Waals surface area contributed by atoms with Crippen molar-refractivity contribution in [3.63, 3.8) is 0 Å². The number of carbonyl (C=O) groups is 1. The largest absolute Gasteiger partial charge is 0.350 e. The number of carbonyl (C=O) groups excluding carboxylic acids is 1. The lowest BCUT2D eigenvalue weighted by Crippen LogP contribution is -2.45. The number of hydrogen-bond donors (Lipinski definition) is 3. The van der Waals surface area contributed by atoms with E-state index in [0.29, 0.717) is 27.6 Å². The average molecular weight is 484 g/mol. The Labute approximate surface area is 168 Å². The summed E-state index contributed by atoms with van der Waals surface area (Å²) in [6, 6.07) is 8.49. The zero-order valence-electron chi connectivity index (χ0n) is 14.3. The number of fused-ring (bicyclic) bond motifs is 1. The molecule has 136 valence electrons. The Morgan fingerprint density at radius 1 is 1.38 bits per heavy atom.